The van der Waals surface area contributed by atoms with Crippen LogP contribution in [0.25, 0.3) is 17.2 Å². The molecular weight excluding hydrogens is 571 g/mol. The van der Waals surface area contributed by atoms with E-state index >= 15 is 0 Å². The Morgan fingerprint density at radius 3 is 2.47 bits per heavy atom. The number of halogens is 1. The SMILES string of the molecule is COc1cc(/C=C2/C(C)=C(CC(=O)NCc3ccco3)c3cc(F)ccc32)cc(OC)c1SCCC(=O)OCCN(C)C. The third-order valence-corrected chi connectivity index (χ3v) is 8.08. The van der Waals surface area contributed by atoms with Crippen LogP contribution < -0.4 is 14.8 Å². The highest BCUT2D eigenvalue weighted by Gasteiger charge is 2.26. The fourth-order valence-corrected chi connectivity index (χ4v) is 5.79. The summed E-state index contributed by atoms with van der Waals surface area (Å²) in [4.78, 5) is 27.7. The molecule has 0 fully saturated rings. The molecule has 2 aromatic carbocycles. The second-order valence-electron chi connectivity index (χ2n) is 10.3. The number of likely N-dealkylation sites (N-methyl/N-ethyl adjacent to an activating group) is 1. The zero-order valence-electron chi connectivity index (χ0n) is 25.1. The van der Waals surface area contributed by atoms with E-state index in [1.165, 1.54) is 23.9 Å². The Hall–Kier alpha value is -4.02. The van der Waals surface area contributed by atoms with Crippen LogP contribution in [-0.4, -0.2) is 64.0 Å². The van der Waals surface area contributed by atoms with Crippen LogP contribution in [0.3, 0.4) is 0 Å². The first-order chi connectivity index (χ1) is 20.7. The van der Waals surface area contributed by atoms with E-state index in [1.54, 1.807) is 38.7 Å². The summed E-state index contributed by atoms with van der Waals surface area (Å²) >= 11 is 1.46. The molecule has 0 aliphatic heterocycles. The van der Waals surface area contributed by atoms with Gasteiger partial charge in [0, 0.05) is 12.3 Å². The number of fused-ring (bicyclic) bond motifs is 1. The number of furan rings is 1. The summed E-state index contributed by atoms with van der Waals surface area (Å²) < 4.78 is 36.4. The van der Waals surface area contributed by atoms with E-state index in [4.69, 9.17) is 18.6 Å². The van der Waals surface area contributed by atoms with Crippen LogP contribution in [0.15, 0.2) is 63.6 Å². The van der Waals surface area contributed by atoms with Gasteiger partial charge in [0.2, 0.25) is 5.91 Å². The molecule has 43 heavy (non-hydrogen) atoms. The fraction of sp³-hybridized carbons (Fsp3) is 0.333. The molecule has 1 N–H and O–H groups in total. The van der Waals surface area contributed by atoms with Gasteiger partial charge in [-0.1, -0.05) is 6.07 Å². The zero-order chi connectivity index (χ0) is 30.9. The lowest BCUT2D eigenvalue weighted by Crippen LogP contribution is -2.22. The van der Waals surface area contributed by atoms with Gasteiger partial charge in [-0.15, -0.1) is 11.8 Å². The van der Waals surface area contributed by atoms with Gasteiger partial charge in [0.25, 0.3) is 0 Å². The highest BCUT2D eigenvalue weighted by Crippen LogP contribution is 2.45. The summed E-state index contributed by atoms with van der Waals surface area (Å²) in [7, 11) is 7.02. The summed E-state index contributed by atoms with van der Waals surface area (Å²) in [6, 6.07) is 12.0. The summed E-state index contributed by atoms with van der Waals surface area (Å²) in [5.74, 6) is 1.56. The van der Waals surface area contributed by atoms with E-state index in [9.17, 15) is 14.0 Å². The number of ether oxygens (including phenoxy) is 3. The fourth-order valence-electron chi connectivity index (χ4n) is 4.75. The highest BCUT2D eigenvalue weighted by atomic mass is 32.2. The monoisotopic (exact) mass is 608 g/mol. The van der Waals surface area contributed by atoms with Crippen molar-refractivity contribution in [3.63, 3.8) is 0 Å². The van der Waals surface area contributed by atoms with Crippen LogP contribution in [-0.2, 0) is 20.9 Å². The van der Waals surface area contributed by atoms with Crippen molar-refractivity contribution in [2.75, 3.05) is 47.2 Å². The Kier molecular flexibility index (Phi) is 11.1. The molecule has 1 aromatic heterocycles. The normalized spacial score (nSPS) is 13.4. The van der Waals surface area contributed by atoms with Crippen molar-refractivity contribution in [2.45, 2.75) is 31.2 Å². The molecular formula is C33H37FN2O6S. The van der Waals surface area contributed by atoms with E-state index in [1.807, 2.05) is 44.1 Å². The summed E-state index contributed by atoms with van der Waals surface area (Å²) in [5, 5.41) is 2.87. The van der Waals surface area contributed by atoms with E-state index < -0.39 is 0 Å². The number of methoxy groups -OCH3 is 2. The lowest BCUT2D eigenvalue weighted by atomic mass is 10.0. The minimum atomic E-state index is -0.368. The van der Waals surface area contributed by atoms with Gasteiger partial charge in [-0.3, -0.25) is 9.59 Å². The maximum atomic E-state index is 14.4. The average molecular weight is 609 g/mol. The van der Waals surface area contributed by atoms with E-state index in [0.717, 1.165) is 32.7 Å². The molecule has 8 nitrogen and oxygen atoms in total. The smallest absolute Gasteiger partial charge is 0.306 e. The van der Waals surface area contributed by atoms with Crippen molar-refractivity contribution in [3.05, 3.63) is 82.6 Å². The van der Waals surface area contributed by atoms with Crippen molar-refractivity contribution in [1.29, 1.82) is 0 Å². The molecule has 0 saturated carbocycles. The van der Waals surface area contributed by atoms with E-state index in [-0.39, 0.29) is 37.1 Å². The Morgan fingerprint density at radius 1 is 1.07 bits per heavy atom. The van der Waals surface area contributed by atoms with Crippen LogP contribution in [0.1, 0.15) is 42.2 Å². The van der Waals surface area contributed by atoms with Crippen LogP contribution in [0.4, 0.5) is 4.39 Å². The number of hydrogen-bond donors (Lipinski definition) is 1. The molecule has 3 aromatic rings. The number of allylic oxidation sites excluding steroid dienone is 2. The minimum Gasteiger partial charge on any atom is -0.495 e. The van der Waals surface area contributed by atoms with Gasteiger partial charge in [0.05, 0.1) is 44.8 Å². The number of nitrogens with one attached hydrogen (secondary N) is 1. The minimum absolute atomic E-state index is 0.0974. The molecule has 0 atom stereocenters. The van der Waals surface area contributed by atoms with Crippen LogP contribution >= 0.6 is 11.8 Å². The number of benzene rings is 2. The lowest BCUT2D eigenvalue weighted by molar-refractivity contribution is -0.143. The molecule has 0 unspecified atom stereocenters. The third-order valence-electron chi connectivity index (χ3n) is 6.98. The first kappa shape index (κ1) is 31.9. The second kappa shape index (κ2) is 14.9. The average Bonchev–Trinajstić information content (AvgIpc) is 3.59. The van der Waals surface area contributed by atoms with E-state index in [0.29, 0.717) is 41.7 Å². The van der Waals surface area contributed by atoms with Gasteiger partial charge in [0.15, 0.2) is 0 Å². The first-order valence-electron chi connectivity index (χ1n) is 13.9. The Labute approximate surface area is 255 Å². The maximum Gasteiger partial charge on any atom is 0.306 e. The van der Waals surface area contributed by atoms with Gasteiger partial charge in [0.1, 0.15) is 29.7 Å². The van der Waals surface area contributed by atoms with Gasteiger partial charge in [-0.25, -0.2) is 4.39 Å². The Bertz CT molecular complexity index is 1490. The molecule has 1 amide bonds. The Balaban J connectivity index is 1.55. The number of amides is 1. The second-order valence-corrected chi connectivity index (χ2v) is 11.4. The largest absolute Gasteiger partial charge is 0.495 e. The maximum absolute atomic E-state index is 14.4. The molecule has 0 spiro atoms. The molecule has 0 saturated heterocycles. The summed E-state index contributed by atoms with van der Waals surface area (Å²) in [5.41, 5.74) is 4.89. The van der Waals surface area contributed by atoms with E-state index in [2.05, 4.69) is 5.32 Å². The molecule has 0 bridgehead atoms. The lowest BCUT2D eigenvalue weighted by Gasteiger charge is -2.15. The van der Waals surface area contributed by atoms with Crippen molar-refractivity contribution in [1.82, 2.24) is 10.2 Å². The van der Waals surface area contributed by atoms with Crippen LogP contribution in [0.5, 0.6) is 11.5 Å². The van der Waals surface area contributed by atoms with Gasteiger partial charge >= 0.3 is 5.97 Å². The van der Waals surface area contributed by atoms with Crippen molar-refractivity contribution >= 4 is 40.9 Å². The molecule has 10 heteroatoms. The zero-order valence-corrected chi connectivity index (χ0v) is 25.9. The van der Waals surface area contributed by atoms with Crippen LogP contribution in [0, 0.1) is 5.82 Å². The summed E-state index contributed by atoms with van der Waals surface area (Å²) in [6.07, 6.45) is 3.90. The molecule has 4 rings (SSSR count). The van der Waals surface area contributed by atoms with Gasteiger partial charge in [-0.2, -0.15) is 0 Å². The molecule has 1 aliphatic carbocycles. The molecule has 228 valence electrons. The van der Waals surface area contributed by atoms with Crippen molar-refractivity contribution < 1.29 is 32.6 Å². The highest BCUT2D eigenvalue weighted by molar-refractivity contribution is 7.99. The number of thioether (sulfide) groups is 1. The predicted octanol–water partition coefficient (Wildman–Crippen LogP) is 6.06. The van der Waals surface area contributed by atoms with Crippen LogP contribution in [0.2, 0.25) is 0 Å². The molecule has 1 aliphatic rings. The number of nitrogens with zero attached hydrogens (tertiary/aromatic N) is 1. The first-order valence-corrected chi connectivity index (χ1v) is 14.9. The van der Waals surface area contributed by atoms with Crippen molar-refractivity contribution in [2.24, 2.45) is 0 Å². The molecule has 1 heterocycles. The quantitative estimate of drug-likeness (QED) is 0.175. The Morgan fingerprint density at radius 2 is 1.81 bits per heavy atom. The standard InChI is InChI=1S/C33H37FN2O6S/c1-21-26(25-9-8-23(34)18-28(25)27(21)19-31(37)35-20-24-7-6-12-41-24)15-22-16-29(39-4)33(30(17-22)40-5)43-14-10-32(38)42-13-11-36(2)3/h6-9,12,15-18H,10-11,13-14,19-20H2,1-5H3,(H,35,37)/b26-15-. The topological polar surface area (TPSA) is 90.2 Å². The van der Waals surface area contributed by atoms with Gasteiger partial charge in [-0.05, 0) is 96.9 Å². The van der Waals surface area contributed by atoms with Gasteiger partial charge < -0.3 is 28.8 Å². The number of esters is 1. The third kappa shape index (κ3) is 8.30. The number of carbonyl (C=O) groups is 2. The number of carbonyl (C=O) groups excluding carboxylic acids is 2. The number of hydrogen-bond acceptors (Lipinski definition) is 8. The molecule has 0 radical (unpaired) electrons. The summed E-state index contributed by atoms with van der Waals surface area (Å²) in [6.45, 7) is 3.24. The number of rotatable bonds is 14. The van der Waals surface area contributed by atoms with Crippen molar-refractivity contribution in [3.8, 4) is 11.5 Å². The predicted molar refractivity (Wildman–Crippen MR) is 166 cm³/mol.